The molecule has 0 aromatic carbocycles. The molecule has 2 fully saturated rings. The van der Waals surface area contributed by atoms with Crippen LogP contribution in [0.5, 0.6) is 0 Å². The van der Waals surface area contributed by atoms with E-state index in [1.165, 1.54) is 0 Å². The molecule has 170 valence electrons. The summed E-state index contributed by atoms with van der Waals surface area (Å²) in [6.45, 7) is 8.69. The van der Waals surface area contributed by atoms with E-state index in [-0.39, 0.29) is 24.0 Å². The summed E-state index contributed by atoms with van der Waals surface area (Å²) in [6.07, 6.45) is 6.10. The summed E-state index contributed by atoms with van der Waals surface area (Å²) in [7, 11) is -0.717. The molecule has 7 nitrogen and oxygen atoms in total. The molecule has 30 heavy (non-hydrogen) atoms. The molecule has 1 aliphatic carbocycles. The number of ether oxygens (including phenoxy) is 1. The molecular weight excluding hydrogens is 513 g/mol. The number of guanidine groups is 1. The summed E-state index contributed by atoms with van der Waals surface area (Å²) in [5, 5.41) is 7.26. The fourth-order valence-electron chi connectivity index (χ4n) is 4.04. The van der Waals surface area contributed by atoms with E-state index in [4.69, 9.17) is 9.73 Å². The molecule has 1 aromatic rings. The van der Waals surface area contributed by atoms with E-state index < -0.39 is 10.8 Å². The van der Waals surface area contributed by atoms with Gasteiger partial charge in [-0.2, -0.15) is 0 Å². The van der Waals surface area contributed by atoms with Crippen molar-refractivity contribution in [2.24, 2.45) is 4.99 Å². The van der Waals surface area contributed by atoms with Crippen LogP contribution in [0.25, 0.3) is 0 Å². The van der Waals surface area contributed by atoms with Crippen molar-refractivity contribution in [1.82, 2.24) is 15.6 Å². The lowest BCUT2D eigenvalue weighted by atomic mass is 9.95. The molecule has 1 saturated heterocycles. The highest BCUT2D eigenvalue weighted by Gasteiger charge is 2.26. The van der Waals surface area contributed by atoms with E-state index in [9.17, 15) is 4.21 Å². The molecule has 2 heterocycles. The number of morpholine rings is 1. The van der Waals surface area contributed by atoms with Crippen molar-refractivity contribution in [3.05, 3.63) is 23.9 Å². The van der Waals surface area contributed by atoms with E-state index in [1.807, 2.05) is 19.2 Å². The van der Waals surface area contributed by atoms with Gasteiger partial charge in [0.2, 0.25) is 0 Å². The largest absolute Gasteiger partial charge is 0.378 e. The topological polar surface area (TPSA) is 78.8 Å². The van der Waals surface area contributed by atoms with E-state index in [1.54, 1.807) is 0 Å². The lowest BCUT2D eigenvalue weighted by Gasteiger charge is -2.30. The van der Waals surface area contributed by atoms with Gasteiger partial charge in [-0.15, -0.1) is 24.0 Å². The second kappa shape index (κ2) is 13.5. The van der Waals surface area contributed by atoms with E-state index in [0.717, 1.165) is 81.6 Å². The van der Waals surface area contributed by atoms with Crippen molar-refractivity contribution in [3.63, 3.8) is 0 Å². The van der Waals surface area contributed by atoms with Crippen molar-refractivity contribution in [2.45, 2.75) is 57.4 Å². The molecule has 3 rings (SSSR count). The number of halogens is 1. The molecule has 0 bridgehead atoms. The molecular formula is C21H36IN5O2S. The number of aromatic nitrogens is 1. The fraction of sp³-hybridized carbons (Fsp3) is 0.714. The normalized spacial score (nSPS) is 23.4. The highest BCUT2D eigenvalue weighted by Crippen LogP contribution is 2.23. The molecule has 0 radical (unpaired) electrons. The first-order chi connectivity index (χ1) is 14.2. The molecule has 2 N–H and O–H groups in total. The third-order valence-electron chi connectivity index (χ3n) is 5.55. The Morgan fingerprint density at radius 2 is 2.13 bits per heavy atom. The van der Waals surface area contributed by atoms with Crippen LogP contribution in [0.3, 0.4) is 0 Å². The quantitative estimate of drug-likeness (QED) is 0.310. The lowest BCUT2D eigenvalue weighted by molar-refractivity contribution is 0.122. The van der Waals surface area contributed by atoms with Crippen LogP contribution in [-0.2, 0) is 22.1 Å². The van der Waals surface area contributed by atoms with Gasteiger partial charge in [-0.3, -0.25) is 4.21 Å². The van der Waals surface area contributed by atoms with Crippen LogP contribution in [-0.4, -0.2) is 65.0 Å². The summed E-state index contributed by atoms with van der Waals surface area (Å²) in [4.78, 5) is 11.7. The minimum Gasteiger partial charge on any atom is -0.378 e. The SMILES string of the molecule is CCNC(=NCc1cccnc1N1CCOCC1)NC1CCCC(S(=O)CC)C1.I. The molecule has 0 amide bonds. The standard InChI is InChI=1S/C21H35N5O2S.HI/c1-3-22-21(25-18-8-5-9-19(15-18)29(27)4-2)24-16-17-7-6-10-23-20(17)26-11-13-28-14-12-26;/h6-7,10,18-19H,3-5,8-9,11-16H2,1-2H3,(H2,22,24,25);1H. The molecule has 2 aliphatic rings. The van der Waals surface area contributed by atoms with Gasteiger partial charge in [-0.25, -0.2) is 9.98 Å². The van der Waals surface area contributed by atoms with Crippen LogP contribution >= 0.6 is 24.0 Å². The van der Waals surface area contributed by atoms with E-state index in [2.05, 4.69) is 33.5 Å². The summed E-state index contributed by atoms with van der Waals surface area (Å²) < 4.78 is 17.7. The number of hydrogen-bond acceptors (Lipinski definition) is 5. The van der Waals surface area contributed by atoms with Crippen LogP contribution in [0, 0.1) is 0 Å². The van der Waals surface area contributed by atoms with Crippen molar-refractivity contribution in [3.8, 4) is 0 Å². The predicted octanol–water partition coefficient (Wildman–Crippen LogP) is 2.67. The zero-order valence-electron chi connectivity index (χ0n) is 18.1. The Hall–Kier alpha value is -0.940. The first-order valence-electron chi connectivity index (χ1n) is 10.9. The molecule has 9 heteroatoms. The van der Waals surface area contributed by atoms with Crippen molar-refractivity contribution in [2.75, 3.05) is 43.5 Å². The van der Waals surface area contributed by atoms with Gasteiger partial charge >= 0.3 is 0 Å². The number of rotatable bonds is 7. The summed E-state index contributed by atoms with van der Waals surface area (Å²) in [5.41, 5.74) is 1.13. The Balaban J connectivity index is 0.00000320. The first kappa shape index (κ1) is 25.3. The van der Waals surface area contributed by atoms with Crippen LogP contribution in [0.4, 0.5) is 5.82 Å². The number of anilines is 1. The molecule has 0 spiro atoms. The average molecular weight is 550 g/mol. The number of hydrogen-bond donors (Lipinski definition) is 2. The molecule has 1 saturated carbocycles. The Labute approximate surface area is 200 Å². The smallest absolute Gasteiger partial charge is 0.191 e. The minimum absolute atomic E-state index is 0. The summed E-state index contributed by atoms with van der Waals surface area (Å²) in [5.74, 6) is 2.58. The van der Waals surface area contributed by atoms with Crippen molar-refractivity contribution < 1.29 is 8.95 Å². The summed E-state index contributed by atoms with van der Waals surface area (Å²) in [6, 6.07) is 4.40. The van der Waals surface area contributed by atoms with Crippen LogP contribution < -0.4 is 15.5 Å². The zero-order valence-corrected chi connectivity index (χ0v) is 21.3. The van der Waals surface area contributed by atoms with Gasteiger partial charge in [0.15, 0.2) is 5.96 Å². The average Bonchev–Trinajstić information content (AvgIpc) is 2.78. The van der Waals surface area contributed by atoms with Crippen molar-refractivity contribution in [1.29, 1.82) is 0 Å². The molecule has 3 atom stereocenters. The third kappa shape index (κ3) is 7.33. The van der Waals surface area contributed by atoms with Gasteiger partial charge in [0, 0.05) is 59.2 Å². The predicted molar refractivity (Wildman–Crippen MR) is 135 cm³/mol. The maximum Gasteiger partial charge on any atom is 0.191 e. The van der Waals surface area contributed by atoms with Gasteiger partial charge < -0.3 is 20.3 Å². The van der Waals surface area contributed by atoms with Gasteiger partial charge in [-0.1, -0.05) is 19.4 Å². The van der Waals surface area contributed by atoms with Gasteiger partial charge in [0.1, 0.15) is 5.82 Å². The summed E-state index contributed by atoms with van der Waals surface area (Å²) >= 11 is 0. The third-order valence-corrected chi connectivity index (χ3v) is 7.29. The molecule has 1 aromatic heterocycles. The lowest BCUT2D eigenvalue weighted by Crippen LogP contribution is -2.46. The zero-order chi connectivity index (χ0) is 20.5. The van der Waals surface area contributed by atoms with E-state index in [0.29, 0.717) is 17.8 Å². The van der Waals surface area contributed by atoms with Crippen molar-refractivity contribution >= 4 is 46.6 Å². The van der Waals surface area contributed by atoms with Crippen LogP contribution in [0.1, 0.15) is 45.1 Å². The van der Waals surface area contributed by atoms with Gasteiger partial charge in [-0.05, 0) is 32.3 Å². The Kier molecular flexibility index (Phi) is 11.4. The van der Waals surface area contributed by atoms with Gasteiger partial charge in [0.05, 0.1) is 19.8 Å². The maximum atomic E-state index is 12.2. The Bertz CT molecular complexity index is 700. The number of nitrogens with zero attached hydrogens (tertiary/aromatic N) is 3. The Morgan fingerprint density at radius 3 is 2.87 bits per heavy atom. The highest BCUT2D eigenvalue weighted by atomic mass is 127. The fourth-order valence-corrected chi connectivity index (χ4v) is 5.39. The number of aliphatic imine (C=N–C) groups is 1. The van der Waals surface area contributed by atoms with Crippen LogP contribution in [0.2, 0.25) is 0 Å². The number of nitrogens with one attached hydrogen (secondary N) is 2. The number of pyridine rings is 1. The van der Waals surface area contributed by atoms with Crippen LogP contribution in [0.15, 0.2) is 23.3 Å². The maximum absolute atomic E-state index is 12.2. The second-order valence-electron chi connectivity index (χ2n) is 7.58. The first-order valence-corrected chi connectivity index (χ1v) is 12.3. The molecule has 1 aliphatic heterocycles. The molecule has 3 unspecified atom stereocenters. The van der Waals surface area contributed by atoms with E-state index >= 15 is 0 Å². The monoisotopic (exact) mass is 549 g/mol. The van der Waals surface area contributed by atoms with Gasteiger partial charge in [0.25, 0.3) is 0 Å². The Morgan fingerprint density at radius 1 is 1.33 bits per heavy atom. The minimum atomic E-state index is -0.717. The highest BCUT2D eigenvalue weighted by molar-refractivity contribution is 14.0. The second-order valence-corrected chi connectivity index (χ2v) is 9.59.